The fourth-order valence-corrected chi connectivity index (χ4v) is 6.85. The van der Waals surface area contributed by atoms with Crippen molar-refractivity contribution in [3.05, 3.63) is 0 Å². The molecular formula is C43H48F34O6. The van der Waals surface area contributed by atoms with Crippen molar-refractivity contribution in [3.63, 3.8) is 0 Å². The molecule has 6 nitrogen and oxygen atoms in total. The van der Waals surface area contributed by atoms with Crippen molar-refractivity contribution in [2.24, 2.45) is 5.41 Å². The van der Waals surface area contributed by atoms with Gasteiger partial charge in [-0.15, -0.1) is 0 Å². The maximum Gasteiger partial charge on any atom is 0.460 e. The summed E-state index contributed by atoms with van der Waals surface area (Å²) in [7, 11) is 0. The van der Waals surface area contributed by atoms with E-state index in [1.165, 1.54) is 0 Å². The van der Waals surface area contributed by atoms with Gasteiger partial charge in [0.15, 0.2) is 0 Å². The Labute approximate surface area is 445 Å². The summed E-state index contributed by atoms with van der Waals surface area (Å²) in [6.07, 6.45) is -24.6. The van der Waals surface area contributed by atoms with Crippen LogP contribution in [0.4, 0.5) is 149 Å². The standard InChI is InChI=1S/C43H48F34O6/c1-27(26(80)81,22-82-24(78)18-14-10-6-2-4-8-12-16-20-28(44,45)30(48,49)32(52,53)34(56,57)36(60,61)38(64,65)40(68,69)42(72,73)74)23-83-25(79)19-15-11-7-3-5-9-13-17-21-29(46,47)31(50,51)33(54,55)35(58,59)37(62,63)39(66,67)41(70,71)43(75,76)77/h2-23H2,1H3,(H,80,81). The highest BCUT2D eigenvalue weighted by molar-refractivity contribution is 5.76. The molecule has 1 N–H and O–H groups in total. The third-order valence-electron chi connectivity index (χ3n) is 12.4. The highest BCUT2D eigenvalue weighted by Gasteiger charge is 2.97. The highest BCUT2D eigenvalue weighted by atomic mass is 19.4. The van der Waals surface area contributed by atoms with Crippen molar-refractivity contribution >= 4 is 17.9 Å². The molecular weight excluding hydrogens is 1260 g/mol. The molecule has 0 aromatic carbocycles. The monoisotopic (exact) mass is 1310 g/mol. The highest BCUT2D eigenvalue weighted by Crippen LogP contribution is 2.66. The normalized spacial score (nSPS) is 15.2. The molecule has 0 aromatic rings. The van der Waals surface area contributed by atoms with E-state index < -0.39 is 170 Å². The maximum absolute atomic E-state index is 14.1. The van der Waals surface area contributed by atoms with Gasteiger partial charge in [0.2, 0.25) is 0 Å². The van der Waals surface area contributed by atoms with Crippen LogP contribution in [0.2, 0.25) is 0 Å². The smallest absolute Gasteiger partial charge is 0.460 e. The van der Waals surface area contributed by atoms with Crippen molar-refractivity contribution in [2.45, 2.75) is 231 Å². The largest absolute Gasteiger partial charge is 0.481 e. The summed E-state index contributed by atoms with van der Waals surface area (Å²) in [5, 5.41) is 9.59. The van der Waals surface area contributed by atoms with Gasteiger partial charge in [0, 0.05) is 25.7 Å². The number of carboxylic acid groups (broad SMARTS) is 1. The summed E-state index contributed by atoms with van der Waals surface area (Å²) in [6.45, 7) is -0.754. The molecule has 0 rings (SSSR count). The molecule has 0 aliphatic carbocycles. The van der Waals surface area contributed by atoms with Crippen LogP contribution in [-0.2, 0) is 23.9 Å². The van der Waals surface area contributed by atoms with Gasteiger partial charge in [-0.2, -0.15) is 149 Å². The van der Waals surface area contributed by atoms with Crippen molar-refractivity contribution in [1.29, 1.82) is 0 Å². The molecule has 0 heterocycles. The minimum absolute atomic E-state index is 0.0236. The number of ether oxygens (including phenoxy) is 2. The number of carbonyl (C=O) groups is 3. The molecule has 83 heavy (non-hydrogen) atoms. The van der Waals surface area contributed by atoms with Gasteiger partial charge in [-0.3, -0.25) is 14.4 Å². The van der Waals surface area contributed by atoms with E-state index in [0.717, 1.165) is 6.92 Å². The van der Waals surface area contributed by atoms with Gasteiger partial charge < -0.3 is 14.6 Å². The number of unbranched alkanes of at least 4 members (excludes halogenated alkanes) is 14. The average molecular weight is 1310 g/mol. The third-order valence-corrected chi connectivity index (χ3v) is 12.4. The van der Waals surface area contributed by atoms with Crippen molar-refractivity contribution in [2.75, 3.05) is 13.2 Å². The molecule has 40 heteroatoms. The molecule has 0 saturated heterocycles. The fourth-order valence-electron chi connectivity index (χ4n) is 6.85. The predicted molar refractivity (Wildman–Crippen MR) is 211 cm³/mol. The van der Waals surface area contributed by atoms with Crippen LogP contribution in [0.5, 0.6) is 0 Å². The Kier molecular flexibility index (Phi) is 25.7. The van der Waals surface area contributed by atoms with E-state index in [4.69, 9.17) is 9.47 Å². The number of esters is 2. The lowest BCUT2D eigenvalue weighted by molar-refractivity contribution is -0.461. The van der Waals surface area contributed by atoms with Crippen LogP contribution in [0.15, 0.2) is 0 Å². The summed E-state index contributed by atoms with van der Waals surface area (Å²) in [5.41, 5.74) is -2.04. The van der Waals surface area contributed by atoms with E-state index in [1.807, 2.05) is 0 Å². The zero-order valence-electron chi connectivity index (χ0n) is 41.9. The van der Waals surface area contributed by atoms with Gasteiger partial charge in [-0.1, -0.05) is 77.0 Å². The van der Waals surface area contributed by atoms with Crippen molar-refractivity contribution in [1.82, 2.24) is 0 Å². The maximum atomic E-state index is 14.1. The van der Waals surface area contributed by atoms with E-state index in [2.05, 4.69) is 0 Å². The number of carbonyl (C=O) groups excluding carboxylic acids is 2. The molecule has 0 unspecified atom stereocenters. The quantitative estimate of drug-likeness (QED) is 0.0375. The molecule has 0 bridgehead atoms. The molecule has 494 valence electrons. The second-order valence-electron chi connectivity index (χ2n) is 19.1. The molecule has 0 spiro atoms. The minimum atomic E-state index is -8.73. The topological polar surface area (TPSA) is 89.9 Å². The van der Waals surface area contributed by atoms with Crippen LogP contribution < -0.4 is 0 Å². The molecule has 0 aliphatic rings. The number of halogens is 34. The molecule has 0 amide bonds. The first-order valence-electron chi connectivity index (χ1n) is 23.6. The van der Waals surface area contributed by atoms with Crippen molar-refractivity contribution < 1.29 is 178 Å². The number of hydrogen-bond acceptors (Lipinski definition) is 5. The summed E-state index contributed by atoms with van der Waals surface area (Å²) in [4.78, 5) is 36.2. The van der Waals surface area contributed by atoms with E-state index in [9.17, 15) is 169 Å². The summed E-state index contributed by atoms with van der Waals surface area (Å²) < 4.78 is 466. The van der Waals surface area contributed by atoms with Gasteiger partial charge in [0.05, 0.1) is 0 Å². The fraction of sp³-hybridized carbons (Fsp3) is 0.930. The van der Waals surface area contributed by atoms with Crippen molar-refractivity contribution in [3.8, 4) is 0 Å². The van der Waals surface area contributed by atoms with Crippen LogP contribution >= 0.6 is 0 Å². The molecule has 0 radical (unpaired) electrons. The number of hydrogen-bond donors (Lipinski definition) is 1. The lowest BCUT2D eigenvalue weighted by atomic mass is 9.87. The first kappa shape index (κ1) is 79.0. The Morgan fingerprint density at radius 1 is 0.277 bits per heavy atom. The molecule has 0 fully saturated rings. The Morgan fingerprint density at radius 3 is 0.663 bits per heavy atom. The Balaban J connectivity index is 4.80. The lowest BCUT2D eigenvalue weighted by Gasteiger charge is -2.42. The molecule has 0 atom stereocenters. The van der Waals surface area contributed by atoms with Gasteiger partial charge in [0.1, 0.15) is 18.6 Å². The SMILES string of the molecule is CC(COC(=O)CCCCCCCCCCC(F)(F)C(F)(F)C(F)(F)C(F)(F)C(F)(F)C(F)(F)C(F)(F)C(F)(F)F)(COC(=O)CCCCCCCCCCC(F)(F)C(F)(F)C(F)(F)C(F)(F)C(F)(F)C(F)(F)C(F)(F)C(F)(F)F)C(=O)O. The van der Waals surface area contributed by atoms with Gasteiger partial charge in [0.25, 0.3) is 0 Å². The number of carboxylic acids is 1. The minimum Gasteiger partial charge on any atom is -0.481 e. The van der Waals surface area contributed by atoms with E-state index >= 15 is 0 Å². The second kappa shape index (κ2) is 27.0. The first-order valence-corrected chi connectivity index (χ1v) is 23.6. The molecule has 0 aliphatic heterocycles. The number of alkyl halides is 34. The number of aliphatic carboxylic acids is 1. The zero-order chi connectivity index (χ0) is 66.2. The van der Waals surface area contributed by atoms with Gasteiger partial charge in [-0.25, -0.2) is 0 Å². The summed E-state index contributed by atoms with van der Waals surface area (Å²) in [6, 6.07) is 0. The molecule has 0 aromatic heterocycles. The van der Waals surface area contributed by atoms with Crippen LogP contribution in [0.25, 0.3) is 0 Å². The lowest BCUT2D eigenvalue weighted by Crippen LogP contribution is -2.74. The third kappa shape index (κ3) is 16.0. The van der Waals surface area contributed by atoms with E-state index in [0.29, 0.717) is 0 Å². The first-order chi connectivity index (χ1) is 36.6. The Morgan fingerprint density at radius 2 is 0.458 bits per heavy atom. The van der Waals surface area contributed by atoms with E-state index in [-0.39, 0.29) is 89.9 Å². The zero-order valence-corrected chi connectivity index (χ0v) is 41.9. The van der Waals surface area contributed by atoms with Crippen LogP contribution in [0.1, 0.15) is 135 Å². The van der Waals surface area contributed by atoms with Crippen LogP contribution in [0, 0.1) is 5.41 Å². The van der Waals surface area contributed by atoms with Crippen LogP contribution in [0.3, 0.4) is 0 Å². The summed E-state index contributed by atoms with van der Waals surface area (Å²) in [5.74, 6) is -117. The number of rotatable bonds is 39. The average Bonchev–Trinajstić information content (AvgIpc) is 3.32. The summed E-state index contributed by atoms with van der Waals surface area (Å²) >= 11 is 0. The Bertz CT molecular complexity index is 1950. The van der Waals surface area contributed by atoms with E-state index in [1.54, 1.807) is 0 Å². The Hall–Kier alpha value is -3.97. The van der Waals surface area contributed by atoms with Gasteiger partial charge >= 0.3 is 113 Å². The van der Waals surface area contributed by atoms with Gasteiger partial charge in [-0.05, 0) is 32.6 Å². The molecule has 0 saturated carbocycles. The predicted octanol–water partition coefficient (Wildman–Crippen LogP) is 18.0. The van der Waals surface area contributed by atoms with Crippen LogP contribution in [-0.4, -0.2) is 131 Å². The second-order valence-corrected chi connectivity index (χ2v) is 19.1.